The summed E-state index contributed by atoms with van der Waals surface area (Å²) in [5.74, 6) is -0.603. The number of halogens is 2. The summed E-state index contributed by atoms with van der Waals surface area (Å²) in [6.45, 7) is 1.74. The van der Waals surface area contributed by atoms with E-state index in [0.717, 1.165) is 0 Å². The van der Waals surface area contributed by atoms with Gasteiger partial charge in [0, 0.05) is 22.3 Å². The summed E-state index contributed by atoms with van der Waals surface area (Å²) in [6.07, 6.45) is 1.46. The predicted octanol–water partition coefficient (Wildman–Crippen LogP) is 2.21. The van der Waals surface area contributed by atoms with Gasteiger partial charge >= 0.3 is 0 Å². The van der Waals surface area contributed by atoms with Crippen LogP contribution in [-0.4, -0.2) is 4.98 Å². The fraction of sp³-hybridized carbons (Fsp3) is 0.333. The van der Waals surface area contributed by atoms with Crippen LogP contribution in [0.2, 0.25) is 0 Å². The highest BCUT2D eigenvalue weighted by Crippen LogP contribution is 2.25. The smallest absolute Gasteiger partial charge is 0.217 e. The van der Waals surface area contributed by atoms with Crippen molar-refractivity contribution in [3.05, 3.63) is 27.7 Å². The van der Waals surface area contributed by atoms with Gasteiger partial charge in [0.1, 0.15) is 0 Å². The summed E-state index contributed by atoms with van der Waals surface area (Å²) in [6, 6.07) is 1.28. The standard InChI is InChI=1S/C9H9BrFN3/c1-5-6(10)4-14-9(11)8(5)7(13)2-3-12/h4,7H,2,13H2,1H3/t7-/m1/s1. The number of nitrogens with zero attached hydrogens (tertiary/aromatic N) is 2. The fourth-order valence-electron chi connectivity index (χ4n) is 1.19. The van der Waals surface area contributed by atoms with Crippen molar-refractivity contribution in [2.24, 2.45) is 5.73 Å². The van der Waals surface area contributed by atoms with Gasteiger partial charge in [-0.3, -0.25) is 0 Å². The monoisotopic (exact) mass is 257 g/mol. The number of pyridine rings is 1. The van der Waals surface area contributed by atoms with Crippen molar-refractivity contribution >= 4 is 15.9 Å². The molecule has 1 atom stereocenters. The van der Waals surface area contributed by atoms with Gasteiger partial charge in [0.2, 0.25) is 5.95 Å². The molecule has 0 unspecified atom stereocenters. The molecule has 0 spiro atoms. The molecule has 1 heterocycles. The molecular formula is C9H9BrFN3. The zero-order valence-electron chi connectivity index (χ0n) is 7.59. The molecule has 74 valence electrons. The van der Waals surface area contributed by atoms with E-state index in [4.69, 9.17) is 11.0 Å². The molecule has 0 aliphatic carbocycles. The number of hydrogen-bond acceptors (Lipinski definition) is 3. The third kappa shape index (κ3) is 2.08. The van der Waals surface area contributed by atoms with Crippen LogP contribution in [0.15, 0.2) is 10.7 Å². The van der Waals surface area contributed by atoms with E-state index in [0.29, 0.717) is 15.6 Å². The first kappa shape index (κ1) is 11.1. The lowest BCUT2D eigenvalue weighted by Crippen LogP contribution is -2.14. The summed E-state index contributed by atoms with van der Waals surface area (Å²) in [4.78, 5) is 3.54. The molecule has 1 aromatic heterocycles. The maximum Gasteiger partial charge on any atom is 0.217 e. The van der Waals surface area contributed by atoms with Crippen LogP contribution < -0.4 is 5.73 Å². The summed E-state index contributed by atoms with van der Waals surface area (Å²) in [7, 11) is 0. The molecule has 0 saturated carbocycles. The first-order valence-corrected chi connectivity index (χ1v) is 4.80. The Morgan fingerprint density at radius 1 is 1.79 bits per heavy atom. The number of hydrogen-bond donors (Lipinski definition) is 1. The zero-order valence-corrected chi connectivity index (χ0v) is 9.18. The third-order valence-electron chi connectivity index (χ3n) is 1.96. The van der Waals surface area contributed by atoms with E-state index in [2.05, 4.69) is 20.9 Å². The minimum absolute atomic E-state index is 0.0793. The van der Waals surface area contributed by atoms with Crippen LogP contribution in [0, 0.1) is 24.2 Å². The lowest BCUT2D eigenvalue weighted by Gasteiger charge is -2.12. The molecule has 0 radical (unpaired) electrons. The molecule has 0 bridgehead atoms. The quantitative estimate of drug-likeness (QED) is 0.827. The van der Waals surface area contributed by atoms with Gasteiger partial charge < -0.3 is 5.73 Å². The number of nitriles is 1. The Labute approximate surface area is 89.9 Å². The first-order chi connectivity index (χ1) is 6.57. The molecule has 14 heavy (non-hydrogen) atoms. The Morgan fingerprint density at radius 2 is 2.43 bits per heavy atom. The maximum absolute atomic E-state index is 13.3. The summed E-state index contributed by atoms with van der Waals surface area (Å²) in [5, 5.41) is 8.46. The second kappa shape index (κ2) is 4.49. The number of nitrogens with two attached hydrogens (primary N) is 1. The van der Waals surface area contributed by atoms with Gasteiger partial charge in [-0.2, -0.15) is 9.65 Å². The summed E-state index contributed by atoms with van der Waals surface area (Å²) in [5.41, 5.74) is 6.65. The van der Waals surface area contributed by atoms with Gasteiger partial charge in [0.15, 0.2) is 0 Å². The van der Waals surface area contributed by atoms with Gasteiger partial charge in [-0.05, 0) is 28.4 Å². The molecule has 3 nitrogen and oxygen atoms in total. The number of rotatable bonds is 2. The molecule has 0 aromatic carbocycles. The van der Waals surface area contributed by atoms with Gasteiger partial charge in [-0.15, -0.1) is 0 Å². The molecule has 0 amide bonds. The molecule has 5 heteroatoms. The minimum atomic E-state index is -0.620. The van der Waals surface area contributed by atoms with E-state index >= 15 is 0 Å². The van der Waals surface area contributed by atoms with Gasteiger partial charge in [-0.1, -0.05) is 0 Å². The maximum atomic E-state index is 13.3. The van der Waals surface area contributed by atoms with E-state index in [1.807, 2.05) is 6.07 Å². The van der Waals surface area contributed by atoms with Crippen LogP contribution >= 0.6 is 15.9 Å². The van der Waals surface area contributed by atoms with E-state index in [1.54, 1.807) is 6.92 Å². The summed E-state index contributed by atoms with van der Waals surface area (Å²) >= 11 is 3.23. The van der Waals surface area contributed by atoms with E-state index in [9.17, 15) is 4.39 Å². The van der Waals surface area contributed by atoms with Crippen LogP contribution in [0.5, 0.6) is 0 Å². The number of aromatic nitrogens is 1. The second-order valence-electron chi connectivity index (χ2n) is 2.90. The summed E-state index contributed by atoms with van der Waals surface area (Å²) < 4.78 is 14.0. The van der Waals surface area contributed by atoms with E-state index < -0.39 is 12.0 Å². The molecule has 0 fully saturated rings. The largest absolute Gasteiger partial charge is 0.323 e. The highest BCUT2D eigenvalue weighted by Gasteiger charge is 2.16. The minimum Gasteiger partial charge on any atom is -0.323 e. The van der Waals surface area contributed by atoms with Crippen molar-refractivity contribution in [2.75, 3.05) is 0 Å². The van der Waals surface area contributed by atoms with Crippen molar-refractivity contribution in [2.45, 2.75) is 19.4 Å². The van der Waals surface area contributed by atoms with Crippen molar-refractivity contribution in [1.29, 1.82) is 5.26 Å². The molecule has 0 aliphatic heterocycles. The van der Waals surface area contributed by atoms with Crippen LogP contribution in [0.3, 0.4) is 0 Å². The topological polar surface area (TPSA) is 62.7 Å². The van der Waals surface area contributed by atoms with E-state index in [1.165, 1.54) is 6.20 Å². The Bertz CT molecular complexity index is 386. The Hall–Kier alpha value is -0.990. The average Bonchev–Trinajstić information content (AvgIpc) is 2.13. The lowest BCUT2D eigenvalue weighted by atomic mass is 10.0. The van der Waals surface area contributed by atoms with Crippen molar-refractivity contribution in [3.63, 3.8) is 0 Å². The Balaban J connectivity index is 3.19. The Morgan fingerprint density at radius 3 is 3.00 bits per heavy atom. The molecule has 0 aliphatic rings. The van der Waals surface area contributed by atoms with Crippen LogP contribution in [0.1, 0.15) is 23.6 Å². The zero-order chi connectivity index (χ0) is 10.7. The lowest BCUT2D eigenvalue weighted by molar-refractivity contribution is 0.543. The fourth-order valence-corrected chi connectivity index (χ4v) is 1.51. The van der Waals surface area contributed by atoms with Gasteiger partial charge in [0.05, 0.1) is 12.5 Å². The second-order valence-corrected chi connectivity index (χ2v) is 3.76. The molecule has 1 rings (SSSR count). The SMILES string of the molecule is Cc1c(Br)cnc(F)c1[C@H](N)CC#N. The van der Waals surface area contributed by atoms with E-state index in [-0.39, 0.29) is 6.42 Å². The molecule has 1 aromatic rings. The third-order valence-corrected chi connectivity index (χ3v) is 2.76. The predicted molar refractivity (Wildman–Crippen MR) is 53.8 cm³/mol. The Kier molecular flexibility index (Phi) is 3.55. The van der Waals surface area contributed by atoms with Crippen molar-refractivity contribution in [1.82, 2.24) is 4.98 Å². The van der Waals surface area contributed by atoms with Crippen molar-refractivity contribution in [3.8, 4) is 6.07 Å². The van der Waals surface area contributed by atoms with Gasteiger partial charge in [0.25, 0.3) is 0 Å². The molecular weight excluding hydrogens is 249 g/mol. The van der Waals surface area contributed by atoms with Crippen LogP contribution in [0.25, 0.3) is 0 Å². The highest BCUT2D eigenvalue weighted by atomic mass is 79.9. The van der Waals surface area contributed by atoms with Crippen LogP contribution in [-0.2, 0) is 0 Å². The molecule has 2 N–H and O–H groups in total. The van der Waals surface area contributed by atoms with Crippen LogP contribution in [0.4, 0.5) is 4.39 Å². The highest BCUT2D eigenvalue weighted by molar-refractivity contribution is 9.10. The van der Waals surface area contributed by atoms with Crippen molar-refractivity contribution < 1.29 is 4.39 Å². The van der Waals surface area contributed by atoms with Gasteiger partial charge in [-0.25, -0.2) is 4.98 Å². The molecule has 0 saturated heterocycles. The normalized spacial score (nSPS) is 12.2. The average molecular weight is 258 g/mol. The first-order valence-electron chi connectivity index (χ1n) is 4.01.